The molecule has 0 aromatic heterocycles. The van der Waals surface area contributed by atoms with Crippen LogP contribution in [0.5, 0.6) is 5.75 Å². The highest BCUT2D eigenvalue weighted by Gasteiger charge is 2.32. The molecule has 7 heteroatoms. The average molecular weight is 444 g/mol. The van der Waals surface area contributed by atoms with E-state index in [1.54, 1.807) is 42.3 Å². The Morgan fingerprint density at radius 1 is 1.12 bits per heavy atom. The molecule has 3 aromatic carbocycles. The number of primary amides is 1. The molecule has 3 aromatic rings. The first-order valence-electron chi connectivity index (χ1n) is 10.1. The molecule has 1 atom stereocenters. The van der Waals surface area contributed by atoms with Gasteiger partial charge < -0.3 is 15.4 Å². The molecule has 0 radical (unpaired) electrons. The number of anilines is 1. The van der Waals surface area contributed by atoms with Gasteiger partial charge in [0.2, 0.25) is 11.8 Å². The maximum atomic E-state index is 12.8. The van der Waals surface area contributed by atoms with Gasteiger partial charge in [-0.05, 0) is 48.0 Å². The van der Waals surface area contributed by atoms with E-state index in [1.165, 1.54) is 11.8 Å². The second-order valence-corrected chi connectivity index (χ2v) is 8.52. The summed E-state index contributed by atoms with van der Waals surface area (Å²) in [4.78, 5) is 27.7. The lowest BCUT2D eigenvalue weighted by atomic mass is 9.97. The molecule has 6 nitrogen and oxygen atoms in total. The molecule has 160 valence electrons. The third-order valence-corrected chi connectivity index (χ3v) is 6.57. The van der Waals surface area contributed by atoms with E-state index >= 15 is 0 Å². The van der Waals surface area contributed by atoms with Gasteiger partial charge in [-0.25, -0.2) is 0 Å². The SMILES string of the molecule is COc1ccccc1Sc1cc([C@H]2CC(=O)N(c3cccc(C(N)=O)c3)C2)ccc1C#N. The van der Waals surface area contributed by atoms with E-state index in [0.29, 0.717) is 29.8 Å². The molecule has 0 spiro atoms. The van der Waals surface area contributed by atoms with Crippen molar-refractivity contribution in [3.8, 4) is 11.8 Å². The Morgan fingerprint density at radius 3 is 2.69 bits per heavy atom. The van der Waals surface area contributed by atoms with Crippen LogP contribution in [-0.2, 0) is 4.79 Å². The van der Waals surface area contributed by atoms with Gasteiger partial charge in [-0.1, -0.05) is 36.0 Å². The largest absolute Gasteiger partial charge is 0.496 e. The molecule has 1 heterocycles. The van der Waals surface area contributed by atoms with E-state index in [4.69, 9.17) is 10.5 Å². The van der Waals surface area contributed by atoms with Gasteiger partial charge in [0.05, 0.1) is 17.6 Å². The van der Waals surface area contributed by atoms with Gasteiger partial charge in [0.1, 0.15) is 11.8 Å². The number of amides is 2. The molecule has 32 heavy (non-hydrogen) atoms. The molecule has 2 N–H and O–H groups in total. The van der Waals surface area contributed by atoms with Crippen LogP contribution in [0.3, 0.4) is 0 Å². The van der Waals surface area contributed by atoms with Crippen LogP contribution in [0.1, 0.15) is 33.8 Å². The zero-order valence-corrected chi connectivity index (χ0v) is 18.3. The van der Waals surface area contributed by atoms with Crippen molar-refractivity contribution in [1.29, 1.82) is 5.26 Å². The van der Waals surface area contributed by atoms with Crippen LogP contribution in [0.2, 0.25) is 0 Å². The number of nitrogens with two attached hydrogens (primary N) is 1. The number of benzene rings is 3. The molecule has 0 saturated carbocycles. The summed E-state index contributed by atoms with van der Waals surface area (Å²) in [7, 11) is 1.62. The minimum atomic E-state index is -0.528. The monoisotopic (exact) mass is 443 g/mol. The first-order valence-corrected chi connectivity index (χ1v) is 10.9. The first kappa shape index (κ1) is 21.5. The highest BCUT2D eigenvalue weighted by molar-refractivity contribution is 7.99. The number of hydrogen-bond donors (Lipinski definition) is 1. The van der Waals surface area contributed by atoms with Crippen molar-refractivity contribution in [3.05, 3.63) is 83.4 Å². The van der Waals surface area contributed by atoms with E-state index in [0.717, 1.165) is 21.1 Å². The maximum absolute atomic E-state index is 12.8. The summed E-state index contributed by atoms with van der Waals surface area (Å²) in [5.74, 6) is 0.174. The third-order valence-electron chi connectivity index (χ3n) is 5.45. The van der Waals surface area contributed by atoms with Gasteiger partial charge in [-0.2, -0.15) is 5.26 Å². The molecule has 1 saturated heterocycles. The van der Waals surface area contributed by atoms with Crippen LogP contribution < -0.4 is 15.4 Å². The molecule has 1 fully saturated rings. The van der Waals surface area contributed by atoms with E-state index < -0.39 is 5.91 Å². The van der Waals surface area contributed by atoms with E-state index in [1.807, 2.05) is 36.4 Å². The Morgan fingerprint density at radius 2 is 1.94 bits per heavy atom. The predicted molar refractivity (Wildman–Crippen MR) is 123 cm³/mol. The van der Waals surface area contributed by atoms with E-state index in [-0.39, 0.29) is 11.8 Å². The molecule has 0 aliphatic carbocycles. The van der Waals surface area contributed by atoms with E-state index in [9.17, 15) is 14.9 Å². The van der Waals surface area contributed by atoms with Crippen LogP contribution >= 0.6 is 11.8 Å². The first-order chi connectivity index (χ1) is 15.5. The highest BCUT2D eigenvalue weighted by Crippen LogP contribution is 2.39. The molecular weight excluding hydrogens is 422 g/mol. The lowest BCUT2D eigenvalue weighted by molar-refractivity contribution is -0.117. The summed E-state index contributed by atoms with van der Waals surface area (Å²) in [5, 5.41) is 9.59. The third kappa shape index (κ3) is 4.32. The minimum Gasteiger partial charge on any atom is -0.496 e. The Hall–Kier alpha value is -3.76. The fourth-order valence-corrected chi connectivity index (χ4v) is 4.85. The molecule has 4 rings (SSSR count). The Balaban J connectivity index is 1.61. The highest BCUT2D eigenvalue weighted by atomic mass is 32.2. The van der Waals surface area contributed by atoms with Gasteiger partial charge in [0.15, 0.2) is 0 Å². The lowest BCUT2D eigenvalue weighted by Gasteiger charge is -2.18. The van der Waals surface area contributed by atoms with Crippen LogP contribution in [0, 0.1) is 11.3 Å². The van der Waals surface area contributed by atoms with Gasteiger partial charge in [-0.15, -0.1) is 0 Å². The maximum Gasteiger partial charge on any atom is 0.248 e. The summed E-state index contributed by atoms with van der Waals surface area (Å²) >= 11 is 1.47. The average Bonchev–Trinajstić information content (AvgIpc) is 3.21. The van der Waals surface area contributed by atoms with Crippen molar-refractivity contribution in [2.45, 2.75) is 22.1 Å². The second-order valence-electron chi connectivity index (χ2n) is 7.44. The number of nitrogens with zero attached hydrogens (tertiary/aromatic N) is 2. The Kier molecular flexibility index (Phi) is 6.15. The zero-order chi connectivity index (χ0) is 22.7. The number of hydrogen-bond acceptors (Lipinski definition) is 5. The second kappa shape index (κ2) is 9.16. The minimum absolute atomic E-state index is 0.0140. The van der Waals surface area contributed by atoms with Crippen molar-refractivity contribution >= 4 is 29.3 Å². The molecule has 1 aliphatic rings. The summed E-state index contributed by atoms with van der Waals surface area (Å²) in [6.07, 6.45) is 0.353. The lowest BCUT2D eigenvalue weighted by Crippen LogP contribution is -2.24. The van der Waals surface area contributed by atoms with Crippen LogP contribution in [-0.4, -0.2) is 25.5 Å². The Bertz CT molecular complexity index is 1240. The van der Waals surface area contributed by atoms with Crippen molar-refractivity contribution in [2.24, 2.45) is 5.73 Å². The number of carbonyl (C=O) groups is 2. The van der Waals surface area contributed by atoms with Gasteiger partial charge in [0.25, 0.3) is 0 Å². The summed E-state index contributed by atoms with van der Waals surface area (Å²) in [6.45, 7) is 0.492. The van der Waals surface area contributed by atoms with Gasteiger partial charge >= 0.3 is 0 Å². The normalized spacial score (nSPS) is 15.4. The summed E-state index contributed by atoms with van der Waals surface area (Å²) in [6, 6.07) is 22.4. The van der Waals surface area contributed by atoms with E-state index in [2.05, 4.69) is 6.07 Å². The smallest absolute Gasteiger partial charge is 0.248 e. The summed E-state index contributed by atoms with van der Waals surface area (Å²) in [5.41, 5.74) is 7.97. The molecule has 1 aliphatic heterocycles. The number of para-hydroxylation sites is 1. The van der Waals surface area contributed by atoms with Crippen LogP contribution in [0.25, 0.3) is 0 Å². The van der Waals surface area contributed by atoms with Crippen molar-refractivity contribution < 1.29 is 14.3 Å². The number of rotatable bonds is 6. The molecule has 0 unspecified atom stereocenters. The number of nitriles is 1. The molecular formula is C25H21N3O3S. The predicted octanol–water partition coefficient (Wildman–Crippen LogP) is 4.34. The zero-order valence-electron chi connectivity index (χ0n) is 17.4. The molecule has 0 bridgehead atoms. The van der Waals surface area contributed by atoms with Crippen LogP contribution in [0.15, 0.2) is 76.5 Å². The van der Waals surface area contributed by atoms with Gasteiger partial charge in [0, 0.05) is 35.0 Å². The number of methoxy groups -OCH3 is 1. The van der Waals surface area contributed by atoms with Crippen LogP contribution in [0.4, 0.5) is 5.69 Å². The van der Waals surface area contributed by atoms with Crippen molar-refractivity contribution in [2.75, 3.05) is 18.6 Å². The number of ether oxygens (including phenoxy) is 1. The van der Waals surface area contributed by atoms with Crippen molar-refractivity contribution in [3.63, 3.8) is 0 Å². The van der Waals surface area contributed by atoms with Crippen molar-refractivity contribution in [1.82, 2.24) is 0 Å². The van der Waals surface area contributed by atoms with Gasteiger partial charge in [-0.3, -0.25) is 9.59 Å². The standard InChI is InChI=1S/C25H21N3O3S/c1-31-21-7-2-3-8-22(21)32-23-12-16(9-10-18(23)14-26)19-13-24(29)28(15-19)20-6-4-5-17(11-20)25(27)30/h2-12,19H,13,15H2,1H3,(H2,27,30)/t19-/m0/s1. The number of carbonyl (C=O) groups excluding carboxylic acids is 2. The summed E-state index contributed by atoms with van der Waals surface area (Å²) < 4.78 is 5.44. The fourth-order valence-electron chi connectivity index (χ4n) is 3.80. The fraction of sp³-hybridized carbons (Fsp3) is 0.160. The Labute approximate surface area is 190 Å². The topological polar surface area (TPSA) is 96.4 Å². The quantitative estimate of drug-likeness (QED) is 0.611. The molecule has 2 amide bonds.